The van der Waals surface area contributed by atoms with Crippen molar-refractivity contribution in [3.05, 3.63) is 0 Å². The first-order valence-corrected chi connectivity index (χ1v) is 12.7. The number of piperidine rings is 1. The van der Waals surface area contributed by atoms with Crippen LogP contribution in [-0.4, -0.2) is 75.2 Å². The fourth-order valence-electron chi connectivity index (χ4n) is 4.74. The van der Waals surface area contributed by atoms with E-state index in [1.807, 2.05) is 0 Å². The monoisotopic (exact) mass is 423 g/mol. The number of aliphatic imine (C=N–C) groups is 1. The summed E-state index contributed by atoms with van der Waals surface area (Å²) in [6.45, 7) is 8.62. The molecule has 0 aromatic carbocycles. The molecule has 1 N–H and O–H groups in total. The first-order chi connectivity index (χ1) is 14.8. The fourth-order valence-corrected chi connectivity index (χ4v) is 4.74. The Balaban J connectivity index is 1.26. The Bertz CT molecular complexity index is 468. The third-order valence-electron chi connectivity index (χ3n) is 6.59. The third kappa shape index (κ3) is 8.72. The van der Waals surface area contributed by atoms with Gasteiger partial charge in [-0.1, -0.05) is 19.3 Å². The molecule has 0 bridgehead atoms. The molecule has 0 aromatic rings. The van der Waals surface area contributed by atoms with E-state index in [1.165, 1.54) is 44.9 Å². The Morgan fingerprint density at radius 2 is 1.73 bits per heavy atom. The maximum Gasteiger partial charge on any atom is 0.193 e. The number of likely N-dealkylation sites (tertiary alicyclic amines) is 1. The Hall–Kier alpha value is -0.850. The fraction of sp³-hybridized carbons (Fsp3) is 0.958. The number of ether oxygens (including phenoxy) is 3. The minimum absolute atomic E-state index is 0.329. The van der Waals surface area contributed by atoms with Crippen LogP contribution in [0.25, 0.3) is 0 Å². The van der Waals surface area contributed by atoms with E-state index in [1.54, 1.807) is 0 Å². The summed E-state index contributed by atoms with van der Waals surface area (Å²) in [5, 5.41) is 3.48. The number of unbranched alkanes of at least 4 members (excludes halogenated alkanes) is 2. The molecule has 0 radical (unpaired) electrons. The van der Waals surface area contributed by atoms with Crippen molar-refractivity contribution in [2.45, 2.75) is 102 Å². The van der Waals surface area contributed by atoms with Crippen LogP contribution < -0.4 is 5.32 Å². The summed E-state index contributed by atoms with van der Waals surface area (Å²) in [7, 11) is 0. The number of hydrogen-bond acceptors (Lipinski definition) is 4. The van der Waals surface area contributed by atoms with E-state index < -0.39 is 0 Å². The maximum atomic E-state index is 6.11. The lowest BCUT2D eigenvalue weighted by Crippen LogP contribution is -2.47. The zero-order valence-corrected chi connectivity index (χ0v) is 19.3. The smallest absolute Gasteiger partial charge is 0.193 e. The highest BCUT2D eigenvalue weighted by Crippen LogP contribution is 2.20. The minimum Gasteiger partial charge on any atom is -0.378 e. The van der Waals surface area contributed by atoms with Crippen LogP contribution >= 0.6 is 0 Å². The van der Waals surface area contributed by atoms with E-state index in [-0.39, 0.29) is 0 Å². The molecular formula is C24H45N3O3. The van der Waals surface area contributed by atoms with Gasteiger partial charge in [0.25, 0.3) is 0 Å². The molecule has 1 saturated carbocycles. The lowest BCUT2D eigenvalue weighted by Gasteiger charge is -2.34. The molecule has 6 nitrogen and oxygen atoms in total. The van der Waals surface area contributed by atoms with E-state index >= 15 is 0 Å². The van der Waals surface area contributed by atoms with Gasteiger partial charge in [-0.05, 0) is 64.7 Å². The zero-order chi connectivity index (χ0) is 20.9. The van der Waals surface area contributed by atoms with Crippen LogP contribution in [0.3, 0.4) is 0 Å². The highest BCUT2D eigenvalue weighted by atomic mass is 16.5. The van der Waals surface area contributed by atoms with Gasteiger partial charge in [0, 0.05) is 39.4 Å². The van der Waals surface area contributed by atoms with Crippen LogP contribution in [0.1, 0.15) is 84.0 Å². The highest BCUT2D eigenvalue weighted by molar-refractivity contribution is 5.80. The highest BCUT2D eigenvalue weighted by Gasteiger charge is 2.24. The van der Waals surface area contributed by atoms with Crippen molar-refractivity contribution in [3.8, 4) is 0 Å². The van der Waals surface area contributed by atoms with Crippen molar-refractivity contribution < 1.29 is 14.2 Å². The van der Waals surface area contributed by atoms with E-state index in [0.717, 1.165) is 84.1 Å². The van der Waals surface area contributed by atoms with Crippen LogP contribution in [0.5, 0.6) is 0 Å². The molecule has 3 rings (SSSR count). The quantitative estimate of drug-likeness (QED) is 0.308. The van der Waals surface area contributed by atoms with Gasteiger partial charge in [0.1, 0.15) is 0 Å². The van der Waals surface area contributed by atoms with Crippen LogP contribution in [0.4, 0.5) is 0 Å². The summed E-state index contributed by atoms with van der Waals surface area (Å²) in [5.41, 5.74) is 0. The molecule has 6 heteroatoms. The zero-order valence-electron chi connectivity index (χ0n) is 19.3. The SMILES string of the molecule is CCNC(=NCCCCCOC1CCCCC1)N1CCC(OCC2CCCO2)CC1. The molecule has 1 aliphatic carbocycles. The number of nitrogens with one attached hydrogen (secondary N) is 1. The molecule has 174 valence electrons. The Morgan fingerprint density at radius 3 is 2.47 bits per heavy atom. The van der Waals surface area contributed by atoms with Gasteiger partial charge in [-0.2, -0.15) is 0 Å². The first-order valence-electron chi connectivity index (χ1n) is 12.7. The van der Waals surface area contributed by atoms with Crippen LogP contribution in [0, 0.1) is 0 Å². The molecule has 0 aromatic heterocycles. The second kappa shape index (κ2) is 14.3. The van der Waals surface area contributed by atoms with Crippen molar-refractivity contribution in [2.75, 3.05) is 46.0 Å². The maximum absolute atomic E-state index is 6.11. The molecule has 1 atom stereocenters. The van der Waals surface area contributed by atoms with Gasteiger partial charge in [-0.15, -0.1) is 0 Å². The first kappa shape index (κ1) is 23.8. The van der Waals surface area contributed by atoms with Crippen LogP contribution in [0.2, 0.25) is 0 Å². The summed E-state index contributed by atoms with van der Waals surface area (Å²) in [6.07, 6.45) is 15.9. The molecule has 2 saturated heterocycles. The van der Waals surface area contributed by atoms with Gasteiger partial charge in [-0.3, -0.25) is 4.99 Å². The second-order valence-corrected chi connectivity index (χ2v) is 9.08. The number of nitrogens with zero attached hydrogens (tertiary/aromatic N) is 2. The summed E-state index contributed by atoms with van der Waals surface area (Å²) in [4.78, 5) is 7.29. The summed E-state index contributed by atoms with van der Waals surface area (Å²) in [5.74, 6) is 1.08. The minimum atomic E-state index is 0.329. The van der Waals surface area contributed by atoms with Gasteiger partial charge in [0.15, 0.2) is 5.96 Å². The molecule has 3 aliphatic rings. The molecule has 2 heterocycles. The molecule has 30 heavy (non-hydrogen) atoms. The summed E-state index contributed by atoms with van der Waals surface area (Å²) in [6, 6.07) is 0. The topological polar surface area (TPSA) is 55.3 Å². The van der Waals surface area contributed by atoms with E-state index in [4.69, 9.17) is 19.2 Å². The second-order valence-electron chi connectivity index (χ2n) is 9.08. The third-order valence-corrected chi connectivity index (χ3v) is 6.59. The summed E-state index contributed by atoms with van der Waals surface area (Å²) < 4.78 is 17.8. The molecule has 0 spiro atoms. The Morgan fingerprint density at radius 1 is 0.933 bits per heavy atom. The average molecular weight is 424 g/mol. The predicted molar refractivity (Wildman–Crippen MR) is 122 cm³/mol. The van der Waals surface area contributed by atoms with Crippen molar-refractivity contribution in [1.29, 1.82) is 0 Å². The molecular weight excluding hydrogens is 378 g/mol. The normalized spacial score (nSPS) is 24.5. The lowest BCUT2D eigenvalue weighted by molar-refractivity contribution is -0.0367. The van der Waals surface area contributed by atoms with Gasteiger partial charge in [0.2, 0.25) is 0 Å². The van der Waals surface area contributed by atoms with E-state index in [9.17, 15) is 0 Å². The molecule has 2 aliphatic heterocycles. The van der Waals surface area contributed by atoms with Crippen molar-refractivity contribution >= 4 is 5.96 Å². The van der Waals surface area contributed by atoms with E-state index in [2.05, 4.69) is 17.1 Å². The predicted octanol–water partition coefficient (Wildman–Crippen LogP) is 4.13. The Labute approximate surface area is 184 Å². The van der Waals surface area contributed by atoms with Gasteiger partial charge < -0.3 is 24.4 Å². The molecule has 1 unspecified atom stereocenters. The van der Waals surface area contributed by atoms with Gasteiger partial charge in [0.05, 0.1) is 24.9 Å². The van der Waals surface area contributed by atoms with Crippen LogP contribution in [-0.2, 0) is 14.2 Å². The van der Waals surface area contributed by atoms with Crippen molar-refractivity contribution in [2.24, 2.45) is 4.99 Å². The largest absolute Gasteiger partial charge is 0.378 e. The lowest BCUT2D eigenvalue weighted by atomic mass is 9.98. The van der Waals surface area contributed by atoms with Gasteiger partial charge in [-0.25, -0.2) is 0 Å². The summed E-state index contributed by atoms with van der Waals surface area (Å²) >= 11 is 0. The Kier molecular flexibility index (Phi) is 11.3. The number of hydrogen-bond donors (Lipinski definition) is 1. The van der Waals surface area contributed by atoms with Crippen molar-refractivity contribution in [3.63, 3.8) is 0 Å². The van der Waals surface area contributed by atoms with Gasteiger partial charge >= 0.3 is 0 Å². The van der Waals surface area contributed by atoms with Crippen LogP contribution in [0.15, 0.2) is 4.99 Å². The molecule has 3 fully saturated rings. The standard InChI is InChI=1S/C24H45N3O3/c1-2-25-24(26-15-7-4-8-18-28-21-10-5-3-6-11-21)27-16-13-22(14-17-27)30-20-23-12-9-19-29-23/h21-23H,2-20H2,1H3,(H,25,26). The average Bonchev–Trinajstić information content (AvgIpc) is 3.31. The van der Waals surface area contributed by atoms with Crippen molar-refractivity contribution in [1.82, 2.24) is 10.2 Å². The van der Waals surface area contributed by atoms with E-state index in [0.29, 0.717) is 18.3 Å². The molecule has 0 amide bonds. The number of rotatable bonds is 11. The number of guanidine groups is 1.